The lowest BCUT2D eigenvalue weighted by Gasteiger charge is -2.14. The molecule has 0 unspecified atom stereocenters. The van der Waals surface area contributed by atoms with Gasteiger partial charge in [0.25, 0.3) is 0 Å². The number of amides is 1. The second-order valence-corrected chi connectivity index (χ2v) is 2.82. The molecule has 4 heteroatoms. The van der Waals surface area contributed by atoms with Crippen LogP contribution in [0.2, 0.25) is 0 Å². The van der Waals surface area contributed by atoms with Crippen molar-refractivity contribution in [2.75, 3.05) is 19.7 Å². The highest BCUT2D eigenvalue weighted by atomic mass is 16.5. The molecule has 1 aliphatic rings. The Labute approximate surface area is 78.9 Å². The first-order chi connectivity index (χ1) is 5.70. The lowest BCUT2D eigenvalue weighted by Crippen LogP contribution is -2.28. The molecule has 13 heavy (non-hydrogen) atoms. The van der Waals surface area contributed by atoms with E-state index in [0.29, 0.717) is 19.6 Å². The highest BCUT2D eigenvalue weighted by Gasteiger charge is 2.19. The summed E-state index contributed by atoms with van der Waals surface area (Å²) in [5.41, 5.74) is 0. The molecule has 4 nitrogen and oxygen atoms in total. The van der Waals surface area contributed by atoms with Crippen LogP contribution in [-0.2, 0) is 14.3 Å². The summed E-state index contributed by atoms with van der Waals surface area (Å²) in [5.74, 6) is -0.121. The summed E-state index contributed by atoms with van der Waals surface area (Å²) in [5, 5.41) is 0. The van der Waals surface area contributed by atoms with Crippen LogP contribution < -0.4 is 0 Å². The van der Waals surface area contributed by atoms with Gasteiger partial charge in [0.15, 0.2) is 0 Å². The molecule has 1 saturated heterocycles. The highest BCUT2D eigenvalue weighted by molar-refractivity contribution is 5.78. The Hall–Kier alpha value is -1.06. The third-order valence-corrected chi connectivity index (χ3v) is 1.84. The Bertz CT molecular complexity index is 191. The van der Waals surface area contributed by atoms with Crippen molar-refractivity contribution in [3.63, 3.8) is 0 Å². The van der Waals surface area contributed by atoms with Crippen LogP contribution in [-0.4, -0.2) is 36.5 Å². The smallest absolute Gasteiger partial charge is 0.302 e. The summed E-state index contributed by atoms with van der Waals surface area (Å²) in [7, 11) is 0. The standard InChI is InChI=1S/C8H13NO3.CH4/c1-7(10)12-6-5-9-4-2-3-8(9)11;/h2-6H2,1H3;1H4. The van der Waals surface area contributed by atoms with Crippen LogP contribution in [0, 0.1) is 0 Å². The monoisotopic (exact) mass is 187 g/mol. The first-order valence-corrected chi connectivity index (χ1v) is 4.11. The van der Waals surface area contributed by atoms with Gasteiger partial charge < -0.3 is 9.64 Å². The molecule has 0 atom stereocenters. The van der Waals surface area contributed by atoms with E-state index < -0.39 is 0 Å². The predicted octanol–water partition coefficient (Wildman–Crippen LogP) is 0.808. The van der Waals surface area contributed by atoms with Gasteiger partial charge in [-0.2, -0.15) is 0 Å². The van der Waals surface area contributed by atoms with Crippen LogP contribution in [0.3, 0.4) is 0 Å². The Morgan fingerprint density at radius 1 is 1.62 bits per heavy atom. The lowest BCUT2D eigenvalue weighted by molar-refractivity contribution is -0.142. The van der Waals surface area contributed by atoms with Crippen molar-refractivity contribution in [3.05, 3.63) is 0 Å². The van der Waals surface area contributed by atoms with E-state index in [2.05, 4.69) is 0 Å². The van der Waals surface area contributed by atoms with E-state index in [1.165, 1.54) is 6.92 Å². The van der Waals surface area contributed by atoms with Crippen molar-refractivity contribution in [1.29, 1.82) is 0 Å². The molecule has 1 rings (SSSR count). The van der Waals surface area contributed by atoms with Gasteiger partial charge in [-0.3, -0.25) is 9.59 Å². The summed E-state index contributed by atoms with van der Waals surface area (Å²) in [4.78, 5) is 23.1. The fourth-order valence-corrected chi connectivity index (χ4v) is 1.24. The van der Waals surface area contributed by atoms with Gasteiger partial charge in [-0.25, -0.2) is 0 Å². The van der Waals surface area contributed by atoms with E-state index >= 15 is 0 Å². The zero-order chi connectivity index (χ0) is 8.97. The van der Waals surface area contributed by atoms with Gasteiger partial charge in [-0.15, -0.1) is 0 Å². The van der Waals surface area contributed by atoms with Crippen molar-refractivity contribution >= 4 is 11.9 Å². The maximum atomic E-state index is 11.0. The van der Waals surface area contributed by atoms with Crippen molar-refractivity contribution < 1.29 is 14.3 Å². The Morgan fingerprint density at radius 3 is 2.77 bits per heavy atom. The maximum absolute atomic E-state index is 11.0. The molecule has 0 aromatic heterocycles. The molecule has 0 aromatic carbocycles. The van der Waals surface area contributed by atoms with Crippen molar-refractivity contribution in [3.8, 4) is 0 Å². The maximum Gasteiger partial charge on any atom is 0.302 e. The normalized spacial score (nSPS) is 15.5. The number of likely N-dealkylation sites (tertiary alicyclic amines) is 1. The molecule has 76 valence electrons. The number of carbonyl (C=O) groups excluding carboxylic acids is 2. The molecule has 0 aliphatic carbocycles. The minimum Gasteiger partial charge on any atom is -0.464 e. The van der Waals surface area contributed by atoms with E-state index in [-0.39, 0.29) is 19.3 Å². The number of rotatable bonds is 3. The van der Waals surface area contributed by atoms with Crippen LogP contribution in [0.25, 0.3) is 0 Å². The number of hydrogen-bond acceptors (Lipinski definition) is 3. The Morgan fingerprint density at radius 2 is 2.31 bits per heavy atom. The van der Waals surface area contributed by atoms with Crippen LogP contribution >= 0.6 is 0 Å². The number of hydrogen-bond donors (Lipinski definition) is 0. The van der Waals surface area contributed by atoms with E-state index in [4.69, 9.17) is 4.74 Å². The minimum atomic E-state index is -0.290. The third kappa shape index (κ3) is 3.92. The van der Waals surface area contributed by atoms with E-state index in [1.54, 1.807) is 4.90 Å². The summed E-state index contributed by atoms with van der Waals surface area (Å²) < 4.78 is 4.72. The van der Waals surface area contributed by atoms with Gasteiger partial charge in [0, 0.05) is 19.9 Å². The molecule has 1 amide bonds. The van der Waals surface area contributed by atoms with E-state index in [1.807, 2.05) is 0 Å². The van der Waals surface area contributed by atoms with Crippen LogP contribution in [0.5, 0.6) is 0 Å². The minimum absolute atomic E-state index is 0. The van der Waals surface area contributed by atoms with Crippen LogP contribution in [0.4, 0.5) is 0 Å². The van der Waals surface area contributed by atoms with Gasteiger partial charge >= 0.3 is 5.97 Å². The second-order valence-electron chi connectivity index (χ2n) is 2.82. The topological polar surface area (TPSA) is 46.6 Å². The lowest BCUT2D eigenvalue weighted by atomic mass is 10.4. The average molecular weight is 187 g/mol. The van der Waals surface area contributed by atoms with Gasteiger partial charge in [-0.1, -0.05) is 7.43 Å². The summed E-state index contributed by atoms with van der Waals surface area (Å²) in [6.07, 6.45) is 1.57. The summed E-state index contributed by atoms with van der Waals surface area (Å²) >= 11 is 0. The van der Waals surface area contributed by atoms with Gasteiger partial charge in [0.1, 0.15) is 6.61 Å². The zero-order valence-electron chi connectivity index (χ0n) is 7.21. The molecule has 0 aromatic rings. The molecule has 0 saturated carbocycles. The highest BCUT2D eigenvalue weighted by Crippen LogP contribution is 2.08. The number of ether oxygens (including phenoxy) is 1. The molecule has 0 N–H and O–H groups in total. The quantitative estimate of drug-likeness (QED) is 0.614. The predicted molar refractivity (Wildman–Crippen MR) is 49.2 cm³/mol. The average Bonchev–Trinajstić information content (AvgIpc) is 2.36. The fourth-order valence-electron chi connectivity index (χ4n) is 1.24. The molecule has 1 fully saturated rings. The Kier molecular flexibility index (Phi) is 5.11. The number of nitrogens with zero attached hydrogens (tertiary/aromatic N) is 1. The first kappa shape index (κ1) is 11.9. The second kappa shape index (κ2) is 5.56. The van der Waals surface area contributed by atoms with E-state index in [0.717, 1.165) is 13.0 Å². The molecular weight excluding hydrogens is 170 g/mol. The van der Waals surface area contributed by atoms with Gasteiger partial charge in [-0.05, 0) is 6.42 Å². The molecular formula is C9H17NO3. The third-order valence-electron chi connectivity index (χ3n) is 1.84. The number of carbonyl (C=O) groups is 2. The Balaban J connectivity index is 0.00000144. The molecule has 1 heterocycles. The van der Waals surface area contributed by atoms with Gasteiger partial charge in [0.05, 0.1) is 6.54 Å². The first-order valence-electron chi connectivity index (χ1n) is 4.11. The largest absolute Gasteiger partial charge is 0.464 e. The molecule has 0 spiro atoms. The fraction of sp³-hybridized carbons (Fsp3) is 0.778. The SMILES string of the molecule is C.CC(=O)OCCN1CCCC1=O. The van der Waals surface area contributed by atoms with Crippen molar-refractivity contribution in [2.24, 2.45) is 0 Å². The molecule has 1 aliphatic heterocycles. The van der Waals surface area contributed by atoms with E-state index in [9.17, 15) is 9.59 Å². The molecule has 0 bridgehead atoms. The van der Waals surface area contributed by atoms with Gasteiger partial charge in [0.2, 0.25) is 5.91 Å². The van der Waals surface area contributed by atoms with Crippen molar-refractivity contribution in [2.45, 2.75) is 27.2 Å². The van der Waals surface area contributed by atoms with Crippen molar-refractivity contribution in [1.82, 2.24) is 4.90 Å². The number of esters is 1. The van der Waals surface area contributed by atoms with Crippen LogP contribution in [0.1, 0.15) is 27.2 Å². The summed E-state index contributed by atoms with van der Waals surface area (Å²) in [6, 6.07) is 0. The molecule has 0 radical (unpaired) electrons. The zero-order valence-corrected chi connectivity index (χ0v) is 7.21. The summed E-state index contributed by atoms with van der Waals surface area (Å²) in [6.45, 7) is 3.03. The van der Waals surface area contributed by atoms with Crippen LogP contribution in [0.15, 0.2) is 0 Å².